The number of aliphatic hydroxyl groups excluding tert-OH is 1. The SMILES string of the molecule is COc1ccc(CN=C(N)NCC(O)c2ccncc2)cc1OC.I. The Morgan fingerprint density at radius 1 is 1.20 bits per heavy atom. The summed E-state index contributed by atoms with van der Waals surface area (Å²) in [4.78, 5) is 8.17. The zero-order valence-electron chi connectivity index (χ0n) is 14.2. The van der Waals surface area contributed by atoms with Gasteiger partial charge in [-0.05, 0) is 35.4 Å². The summed E-state index contributed by atoms with van der Waals surface area (Å²) in [5.41, 5.74) is 7.54. The molecule has 136 valence electrons. The lowest BCUT2D eigenvalue weighted by atomic mass is 10.1. The Bertz CT molecular complexity index is 683. The smallest absolute Gasteiger partial charge is 0.189 e. The van der Waals surface area contributed by atoms with E-state index in [1.165, 1.54) is 0 Å². The summed E-state index contributed by atoms with van der Waals surface area (Å²) in [7, 11) is 3.17. The van der Waals surface area contributed by atoms with Gasteiger partial charge in [-0.1, -0.05) is 6.07 Å². The molecule has 2 rings (SSSR count). The highest BCUT2D eigenvalue weighted by Gasteiger charge is 2.07. The molecule has 7 nitrogen and oxygen atoms in total. The lowest BCUT2D eigenvalue weighted by molar-refractivity contribution is 0.181. The number of nitrogens with zero attached hydrogens (tertiary/aromatic N) is 2. The van der Waals surface area contributed by atoms with E-state index in [-0.39, 0.29) is 36.5 Å². The molecule has 25 heavy (non-hydrogen) atoms. The van der Waals surface area contributed by atoms with Crippen molar-refractivity contribution in [3.05, 3.63) is 53.9 Å². The third-order valence-corrected chi connectivity index (χ3v) is 3.45. The number of nitrogens with one attached hydrogen (secondary N) is 1. The Labute approximate surface area is 164 Å². The van der Waals surface area contributed by atoms with Crippen LogP contribution in [0.1, 0.15) is 17.2 Å². The Balaban J connectivity index is 0.00000312. The molecule has 0 aliphatic rings. The maximum Gasteiger partial charge on any atom is 0.189 e. The van der Waals surface area contributed by atoms with Crippen molar-refractivity contribution in [3.8, 4) is 11.5 Å². The van der Waals surface area contributed by atoms with Gasteiger partial charge in [0.2, 0.25) is 0 Å². The molecule has 8 heteroatoms. The van der Waals surface area contributed by atoms with Crippen molar-refractivity contribution in [1.29, 1.82) is 0 Å². The summed E-state index contributed by atoms with van der Waals surface area (Å²) in [5, 5.41) is 13.0. The fourth-order valence-electron chi connectivity index (χ4n) is 2.12. The second-order valence-corrected chi connectivity index (χ2v) is 5.07. The molecule has 0 saturated carbocycles. The Hall–Kier alpha value is -2.07. The van der Waals surface area contributed by atoms with E-state index < -0.39 is 6.10 Å². The fourth-order valence-corrected chi connectivity index (χ4v) is 2.12. The molecule has 0 radical (unpaired) electrons. The Morgan fingerprint density at radius 3 is 2.52 bits per heavy atom. The van der Waals surface area contributed by atoms with Crippen molar-refractivity contribution < 1.29 is 14.6 Å². The van der Waals surface area contributed by atoms with Crippen LogP contribution in [0.25, 0.3) is 0 Å². The van der Waals surface area contributed by atoms with Crippen LogP contribution in [-0.4, -0.2) is 36.8 Å². The van der Waals surface area contributed by atoms with Crippen LogP contribution in [0.5, 0.6) is 11.5 Å². The number of nitrogens with two attached hydrogens (primary N) is 1. The second-order valence-electron chi connectivity index (χ2n) is 5.07. The summed E-state index contributed by atoms with van der Waals surface area (Å²) in [6.45, 7) is 0.663. The number of ether oxygens (including phenoxy) is 2. The summed E-state index contributed by atoms with van der Waals surface area (Å²) in [6.07, 6.45) is 2.59. The second kappa shape index (κ2) is 10.7. The molecule has 1 atom stereocenters. The quantitative estimate of drug-likeness (QED) is 0.333. The number of hydrogen-bond acceptors (Lipinski definition) is 5. The molecule has 1 unspecified atom stereocenters. The van der Waals surface area contributed by atoms with Gasteiger partial charge < -0.3 is 25.6 Å². The van der Waals surface area contributed by atoms with Crippen LogP contribution in [0.4, 0.5) is 0 Å². The highest BCUT2D eigenvalue weighted by molar-refractivity contribution is 14.0. The molecule has 0 bridgehead atoms. The zero-order valence-corrected chi connectivity index (χ0v) is 16.5. The highest BCUT2D eigenvalue weighted by Crippen LogP contribution is 2.27. The number of guanidine groups is 1. The first kappa shape index (κ1) is 21.0. The van der Waals surface area contributed by atoms with E-state index in [9.17, 15) is 5.11 Å². The van der Waals surface area contributed by atoms with Gasteiger partial charge >= 0.3 is 0 Å². The fraction of sp³-hybridized carbons (Fsp3) is 0.294. The summed E-state index contributed by atoms with van der Waals surface area (Å²) in [6, 6.07) is 9.07. The topological polar surface area (TPSA) is 102 Å². The van der Waals surface area contributed by atoms with Crippen LogP contribution in [0.3, 0.4) is 0 Å². The Morgan fingerprint density at radius 2 is 1.88 bits per heavy atom. The van der Waals surface area contributed by atoms with Gasteiger partial charge in [0.25, 0.3) is 0 Å². The molecule has 0 fully saturated rings. The third kappa shape index (κ3) is 6.39. The highest BCUT2D eigenvalue weighted by atomic mass is 127. The minimum absolute atomic E-state index is 0. The third-order valence-electron chi connectivity index (χ3n) is 3.45. The molecule has 1 heterocycles. The normalized spacial score (nSPS) is 12.0. The molecule has 0 aliphatic heterocycles. The van der Waals surface area contributed by atoms with Gasteiger partial charge in [0.15, 0.2) is 17.5 Å². The molecule has 1 aromatic carbocycles. The number of benzene rings is 1. The minimum Gasteiger partial charge on any atom is -0.493 e. The number of pyridine rings is 1. The molecule has 0 saturated heterocycles. The molecule has 0 spiro atoms. The maximum atomic E-state index is 10.0. The maximum absolute atomic E-state index is 10.0. The number of aromatic nitrogens is 1. The zero-order chi connectivity index (χ0) is 17.4. The van der Waals surface area contributed by atoms with Gasteiger partial charge in [-0.15, -0.1) is 24.0 Å². The lowest BCUT2D eigenvalue weighted by Gasteiger charge is -2.12. The lowest BCUT2D eigenvalue weighted by Crippen LogP contribution is -2.34. The summed E-state index contributed by atoms with van der Waals surface area (Å²) < 4.78 is 10.4. The minimum atomic E-state index is -0.678. The average molecular weight is 458 g/mol. The van der Waals surface area contributed by atoms with Gasteiger partial charge in [0.05, 0.1) is 26.9 Å². The van der Waals surface area contributed by atoms with Crippen molar-refractivity contribution in [3.63, 3.8) is 0 Å². The number of aliphatic imine (C=N–C) groups is 1. The Kier molecular flexibility index (Phi) is 9.00. The van der Waals surface area contributed by atoms with Crippen LogP contribution in [0.2, 0.25) is 0 Å². The summed E-state index contributed by atoms with van der Waals surface area (Å²) in [5.74, 6) is 1.57. The first-order valence-corrected chi connectivity index (χ1v) is 7.46. The number of methoxy groups -OCH3 is 2. The number of aliphatic hydroxyl groups is 1. The van der Waals surface area contributed by atoms with E-state index in [1.54, 1.807) is 38.7 Å². The van der Waals surface area contributed by atoms with Crippen LogP contribution in [0.15, 0.2) is 47.7 Å². The predicted octanol–water partition coefficient (Wildman–Crippen LogP) is 1.85. The molecule has 1 aromatic heterocycles. The number of rotatable bonds is 7. The van der Waals surface area contributed by atoms with Gasteiger partial charge in [-0.25, -0.2) is 4.99 Å². The van der Waals surface area contributed by atoms with E-state index in [0.717, 1.165) is 11.1 Å². The van der Waals surface area contributed by atoms with Crippen molar-refractivity contribution in [2.24, 2.45) is 10.7 Å². The van der Waals surface area contributed by atoms with E-state index >= 15 is 0 Å². The molecule has 0 amide bonds. The van der Waals surface area contributed by atoms with E-state index in [2.05, 4.69) is 15.3 Å². The first-order valence-electron chi connectivity index (χ1n) is 7.46. The van der Waals surface area contributed by atoms with Gasteiger partial charge in [0.1, 0.15) is 0 Å². The predicted molar refractivity (Wildman–Crippen MR) is 107 cm³/mol. The standard InChI is InChI=1S/C17H22N4O3.HI/c1-23-15-4-3-12(9-16(15)24-2)10-20-17(18)21-11-14(22)13-5-7-19-8-6-13;/h3-9,14,22H,10-11H2,1-2H3,(H3,18,20,21);1H. The van der Waals surface area contributed by atoms with Crippen molar-refractivity contribution >= 4 is 29.9 Å². The van der Waals surface area contributed by atoms with Crippen LogP contribution < -0.4 is 20.5 Å². The first-order chi connectivity index (χ1) is 11.6. The van der Waals surface area contributed by atoms with Gasteiger partial charge in [-0.3, -0.25) is 4.98 Å². The van der Waals surface area contributed by atoms with Crippen LogP contribution in [0, 0.1) is 0 Å². The van der Waals surface area contributed by atoms with Crippen molar-refractivity contribution in [1.82, 2.24) is 10.3 Å². The van der Waals surface area contributed by atoms with Crippen molar-refractivity contribution in [2.45, 2.75) is 12.6 Å². The molecular weight excluding hydrogens is 435 g/mol. The molecule has 0 aliphatic carbocycles. The van der Waals surface area contributed by atoms with Crippen molar-refractivity contribution in [2.75, 3.05) is 20.8 Å². The van der Waals surface area contributed by atoms with Gasteiger partial charge in [0, 0.05) is 18.9 Å². The van der Waals surface area contributed by atoms with Gasteiger partial charge in [-0.2, -0.15) is 0 Å². The number of hydrogen-bond donors (Lipinski definition) is 3. The van der Waals surface area contributed by atoms with Crippen LogP contribution in [-0.2, 0) is 6.54 Å². The van der Waals surface area contributed by atoms with E-state index in [4.69, 9.17) is 15.2 Å². The average Bonchev–Trinajstić information content (AvgIpc) is 2.64. The van der Waals surface area contributed by atoms with Crippen LogP contribution >= 0.6 is 24.0 Å². The molecular formula is C17H23IN4O3. The monoisotopic (exact) mass is 458 g/mol. The van der Waals surface area contributed by atoms with E-state index in [1.807, 2.05) is 18.2 Å². The van der Waals surface area contributed by atoms with E-state index in [0.29, 0.717) is 18.0 Å². The number of halogens is 1. The molecule has 4 N–H and O–H groups in total. The summed E-state index contributed by atoms with van der Waals surface area (Å²) >= 11 is 0. The largest absolute Gasteiger partial charge is 0.493 e. The molecule has 2 aromatic rings.